The zero-order valence-electron chi connectivity index (χ0n) is 12.7. The zero-order chi connectivity index (χ0) is 16.8. The van der Waals surface area contributed by atoms with Gasteiger partial charge in [0.1, 0.15) is 5.92 Å². The van der Waals surface area contributed by atoms with Gasteiger partial charge in [0.05, 0.1) is 36.1 Å². The van der Waals surface area contributed by atoms with E-state index in [0.29, 0.717) is 12.8 Å². The van der Waals surface area contributed by atoms with Gasteiger partial charge in [-0.15, -0.1) is 0 Å². The Kier molecular flexibility index (Phi) is 10.8. The lowest BCUT2D eigenvalue weighted by atomic mass is 9.81. The molecule has 1 amide bonds. The highest BCUT2D eigenvalue weighted by Crippen LogP contribution is 2.25. The molecule has 0 rings (SSSR count). The summed E-state index contributed by atoms with van der Waals surface area (Å²) in [4.78, 5) is 11.2. The van der Waals surface area contributed by atoms with Gasteiger partial charge in [-0.1, -0.05) is 32.1 Å². The molecule has 6 nitrogen and oxygen atoms in total. The highest BCUT2D eigenvalue weighted by Gasteiger charge is 2.33. The van der Waals surface area contributed by atoms with E-state index >= 15 is 0 Å². The van der Waals surface area contributed by atoms with E-state index in [-0.39, 0.29) is 0 Å². The number of carbonyl (C=O) groups excluding carboxylic acids is 1. The molecule has 0 aromatic heterocycles. The molecule has 0 aromatic rings. The predicted octanol–water partition coefficient (Wildman–Crippen LogP) is 2.54. The van der Waals surface area contributed by atoms with Crippen molar-refractivity contribution in [2.75, 3.05) is 0 Å². The number of carbonyl (C=O) groups is 1. The highest BCUT2D eigenvalue weighted by atomic mass is 16.1. The van der Waals surface area contributed by atoms with Gasteiger partial charge in [-0.2, -0.15) is 21.0 Å². The lowest BCUT2D eigenvalue weighted by Gasteiger charge is -2.17. The number of unbranched alkanes of at least 4 members (excludes halogenated alkanes) is 6. The Hall–Kier alpha value is -2.57. The normalized spacial score (nSPS) is 13.6. The van der Waals surface area contributed by atoms with Gasteiger partial charge in [0.15, 0.2) is 0 Å². The molecule has 0 aromatic carbocycles. The van der Waals surface area contributed by atoms with Gasteiger partial charge in [-0.05, 0) is 12.8 Å². The molecule has 0 fully saturated rings. The summed E-state index contributed by atoms with van der Waals surface area (Å²) in [7, 11) is 0. The second kappa shape index (κ2) is 12.2. The van der Waals surface area contributed by atoms with Gasteiger partial charge in [0, 0.05) is 6.42 Å². The Labute approximate surface area is 131 Å². The molecule has 3 unspecified atom stereocenters. The molecule has 3 atom stereocenters. The number of nitrogens with zero attached hydrogens (tertiary/aromatic N) is 4. The molecule has 0 aliphatic rings. The first-order valence-corrected chi connectivity index (χ1v) is 7.47. The summed E-state index contributed by atoms with van der Waals surface area (Å²) in [6, 6.07) is 7.74. The Balaban J connectivity index is 4.19. The molecule has 0 heterocycles. The lowest BCUT2D eigenvalue weighted by molar-refractivity contribution is -0.121. The minimum atomic E-state index is -1.24. The maximum absolute atomic E-state index is 11.2. The van der Waals surface area contributed by atoms with Crippen molar-refractivity contribution in [2.24, 2.45) is 23.5 Å². The van der Waals surface area contributed by atoms with Crippen molar-refractivity contribution in [2.45, 2.75) is 51.4 Å². The average Bonchev–Trinajstić information content (AvgIpc) is 2.51. The van der Waals surface area contributed by atoms with E-state index in [9.17, 15) is 4.79 Å². The van der Waals surface area contributed by atoms with Gasteiger partial charge in [0.25, 0.3) is 0 Å². The van der Waals surface area contributed by atoms with E-state index in [1.54, 1.807) is 6.07 Å². The summed E-state index contributed by atoms with van der Waals surface area (Å²) in [5.74, 6) is -3.71. The van der Waals surface area contributed by atoms with Gasteiger partial charge in [0.2, 0.25) is 5.91 Å². The number of primary amides is 1. The molecule has 0 aliphatic heterocycles. The second-order valence-corrected chi connectivity index (χ2v) is 5.22. The fourth-order valence-corrected chi connectivity index (χ4v) is 2.32. The monoisotopic (exact) mass is 299 g/mol. The van der Waals surface area contributed by atoms with Crippen LogP contribution in [0.25, 0.3) is 0 Å². The minimum Gasteiger partial charge on any atom is -0.368 e. The van der Waals surface area contributed by atoms with Crippen molar-refractivity contribution in [1.29, 1.82) is 21.0 Å². The number of nitriles is 4. The molecule has 0 radical (unpaired) electrons. The maximum atomic E-state index is 11.2. The summed E-state index contributed by atoms with van der Waals surface area (Å²) in [5, 5.41) is 35.6. The Bertz CT molecular complexity index is 503. The van der Waals surface area contributed by atoms with Crippen LogP contribution in [0.3, 0.4) is 0 Å². The Morgan fingerprint density at radius 2 is 1.45 bits per heavy atom. The molecule has 0 spiro atoms. The van der Waals surface area contributed by atoms with Crippen LogP contribution >= 0.6 is 0 Å². The summed E-state index contributed by atoms with van der Waals surface area (Å²) in [6.07, 6.45) is 6.76. The standard InChI is InChI=1S/C16H21N5O/c17-9-7-5-3-1-2-4-6-8-13(10-18)14(11-19)15(12-20)16(21)22/h13-15H,1-8H2,(H2,21,22). The smallest absolute Gasteiger partial charge is 0.236 e. The summed E-state index contributed by atoms with van der Waals surface area (Å²) >= 11 is 0. The Morgan fingerprint density at radius 3 is 1.91 bits per heavy atom. The molecule has 0 saturated carbocycles. The Morgan fingerprint density at radius 1 is 0.864 bits per heavy atom. The number of rotatable bonds is 11. The fraction of sp³-hybridized carbons (Fsp3) is 0.688. The molecule has 116 valence electrons. The average molecular weight is 299 g/mol. The molecule has 0 bridgehead atoms. The lowest BCUT2D eigenvalue weighted by Crippen LogP contribution is -2.32. The number of hydrogen-bond donors (Lipinski definition) is 1. The van der Waals surface area contributed by atoms with Crippen LogP contribution in [-0.2, 0) is 4.79 Å². The largest absolute Gasteiger partial charge is 0.368 e. The van der Waals surface area contributed by atoms with E-state index in [0.717, 1.165) is 38.5 Å². The van der Waals surface area contributed by atoms with Crippen LogP contribution in [0.1, 0.15) is 51.4 Å². The van der Waals surface area contributed by atoms with Crippen LogP contribution in [0.4, 0.5) is 0 Å². The van der Waals surface area contributed by atoms with Crippen LogP contribution in [-0.4, -0.2) is 5.91 Å². The van der Waals surface area contributed by atoms with Crippen molar-refractivity contribution in [1.82, 2.24) is 0 Å². The first kappa shape index (κ1) is 19.4. The first-order valence-electron chi connectivity index (χ1n) is 7.47. The predicted molar refractivity (Wildman–Crippen MR) is 79.1 cm³/mol. The number of nitrogens with two attached hydrogens (primary N) is 1. The third-order valence-corrected chi connectivity index (χ3v) is 3.61. The minimum absolute atomic E-state index is 0.485. The van der Waals surface area contributed by atoms with E-state index in [1.807, 2.05) is 12.1 Å². The van der Waals surface area contributed by atoms with Crippen LogP contribution in [0, 0.1) is 63.1 Å². The number of amides is 1. The van der Waals surface area contributed by atoms with Crippen molar-refractivity contribution in [3.63, 3.8) is 0 Å². The van der Waals surface area contributed by atoms with Gasteiger partial charge in [-0.25, -0.2) is 0 Å². The number of hydrogen-bond acceptors (Lipinski definition) is 5. The summed E-state index contributed by atoms with van der Waals surface area (Å²) in [5.41, 5.74) is 5.11. The van der Waals surface area contributed by atoms with E-state index in [1.165, 1.54) is 0 Å². The van der Waals surface area contributed by atoms with Crippen LogP contribution in [0.5, 0.6) is 0 Å². The molecular formula is C16H21N5O. The van der Waals surface area contributed by atoms with E-state index in [4.69, 9.17) is 26.8 Å². The van der Waals surface area contributed by atoms with E-state index in [2.05, 4.69) is 6.07 Å². The third-order valence-electron chi connectivity index (χ3n) is 3.61. The fourth-order valence-electron chi connectivity index (χ4n) is 2.32. The zero-order valence-corrected chi connectivity index (χ0v) is 12.7. The van der Waals surface area contributed by atoms with Gasteiger partial charge in [-0.3, -0.25) is 4.79 Å². The van der Waals surface area contributed by atoms with E-state index < -0.39 is 23.7 Å². The summed E-state index contributed by atoms with van der Waals surface area (Å²) < 4.78 is 0. The van der Waals surface area contributed by atoms with Gasteiger partial charge >= 0.3 is 0 Å². The van der Waals surface area contributed by atoms with Gasteiger partial charge < -0.3 is 5.73 Å². The van der Waals surface area contributed by atoms with Crippen molar-refractivity contribution in [3.05, 3.63) is 0 Å². The topological polar surface area (TPSA) is 138 Å². The van der Waals surface area contributed by atoms with Crippen LogP contribution < -0.4 is 5.73 Å². The highest BCUT2D eigenvalue weighted by molar-refractivity contribution is 5.80. The molecule has 6 heteroatoms. The van der Waals surface area contributed by atoms with Crippen LogP contribution in [0.15, 0.2) is 0 Å². The van der Waals surface area contributed by atoms with Crippen molar-refractivity contribution >= 4 is 5.91 Å². The quantitative estimate of drug-likeness (QED) is 0.584. The SMILES string of the molecule is N#CCCCCCCCCC(C#N)C(C#N)C(C#N)C(N)=O. The van der Waals surface area contributed by atoms with Crippen LogP contribution in [0.2, 0.25) is 0 Å². The molecule has 22 heavy (non-hydrogen) atoms. The first-order chi connectivity index (χ1) is 10.6. The van der Waals surface area contributed by atoms with Crippen molar-refractivity contribution < 1.29 is 4.79 Å². The summed E-state index contributed by atoms with van der Waals surface area (Å²) in [6.45, 7) is 0. The molecule has 0 saturated heterocycles. The third kappa shape index (κ3) is 7.28. The second-order valence-electron chi connectivity index (χ2n) is 5.22. The molecule has 0 aliphatic carbocycles. The molecule has 2 N–H and O–H groups in total. The molecular weight excluding hydrogens is 278 g/mol. The van der Waals surface area contributed by atoms with Crippen molar-refractivity contribution in [3.8, 4) is 24.3 Å². The maximum Gasteiger partial charge on any atom is 0.236 e.